The zero-order valence-corrected chi connectivity index (χ0v) is 17.7. The molecule has 2 aromatic rings. The molecular formula is C24H30N4O2. The number of carbonyl (C=O) groups excluding carboxylic acids is 2. The topological polar surface area (TPSA) is 64.7 Å². The molecule has 0 aromatic heterocycles. The zero-order valence-electron chi connectivity index (χ0n) is 17.7. The smallest absolute Gasteiger partial charge is 0.244 e. The van der Waals surface area contributed by atoms with Crippen LogP contribution in [0, 0.1) is 6.92 Å². The first-order chi connectivity index (χ1) is 14.6. The number of benzene rings is 2. The van der Waals surface area contributed by atoms with E-state index in [1.807, 2.05) is 55.5 Å². The van der Waals surface area contributed by atoms with E-state index in [0.717, 1.165) is 30.0 Å². The number of carbonyl (C=O) groups is 2. The van der Waals surface area contributed by atoms with E-state index in [2.05, 4.69) is 34.7 Å². The number of aryl methyl sites for hydroxylation is 1. The molecule has 2 aromatic carbocycles. The number of para-hydroxylation sites is 1. The van der Waals surface area contributed by atoms with Crippen LogP contribution in [0.1, 0.15) is 30.9 Å². The highest BCUT2D eigenvalue weighted by molar-refractivity contribution is 5.84. The fraction of sp³-hybridized carbons (Fsp3) is 0.333. The van der Waals surface area contributed by atoms with Gasteiger partial charge in [0.05, 0.1) is 12.2 Å². The molecule has 0 atom stereocenters. The van der Waals surface area contributed by atoms with E-state index < -0.39 is 0 Å². The van der Waals surface area contributed by atoms with Crippen molar-refractivity contribution in [3.8, 4) is 0 Å². The third kappa shape index (κ3) is 5.86. The second-order valence-electron chi connectivity index (χ2n) is 7.36. The van der Waals surface area contributed by atoms with Crippen LogP contribution in [0.5, 0.6) is 0 Å². The fourth-order valence-corrected chi connectivity index (χ4v) is 3.39. The van der Waals surface area contributed by atoms with Gasteiger partial charge in [0.1, 0.15) is 0 Å². The Kier molecular flexibility index (Phi) is 7.49. The van der Waals surface area contributed by atoms with Gasteiger partial charge in [-0.3, -0.25) is 20.0 Å². The normalized spacial score (nSPS) is 13.5. The molecule has 3 rings (SSSR count). The van der Waals surface area contributed by atoms with Crippen molar-refractivity contribution in [3.05, 3.63) is 71.8 Å². The van der Waals surface area contributed by atoms with E-state index in [1.165, 1.54) is 10.6 Å². The molecule has 0 radical (unpaired) electrons. The molecule has 1 aliphatic rings. The number of nitrogens with one attached hydrogen (secondary N) is 2. The summed E-state index contributed by atoms with van der Waals surface area (Å²) in [5.41, 5.74) is 7.42. The van der Waals surface area contributed by atoms with Gasteiger partial charge in [0.25, 0.3) is 0 Å². The van der Waals surface area contributed by atoms with Crippen LogP contribution in [0.15, 0.2) is 60.7 Å². The second-order valence-corrected chi connectivity index (χ2v) is 7.36. The fourth-order valence-electron chi connectivity index (χ4n) is 3.39. The molecule has 2 N–H and O–H groups in total. The Balaban J connectivity index is 1.44. The monoisotopic (exact) mass is 406 g/mol. The van der Waals surface area contributed by atoms with E-state index in [0.29, 0.717) is 19.5 Å². The summed E-state index contributed by atoms with van der Waals surface area (Å²) >= 11 is 0. The molecule has 6 nitrogen and oxygen atoms in total. The van der Waals surface area contributed by atoms with E-state index in [4.69, 9.17) is 0 Å². The molecule has 1 heterocycles. The van der Waals surface area contributed by atoms with Gasteiger partial charge in [0.2, 0.25) is 11.8 Å². The van der Waals surface area contributed by atoms with Crippen molar-refractivity contribution in [3.63, 3.8) is 0 Å². The lowest BCUT2D eigenvalue weighted by Gasteiger charge is -2.29. The van der Waals surface area contributed by atoms with Gasteiger partial charge in [0, 0.05) is 38.2 Å². The molecule has 2 amide bonds. The number of hydrogen-bond donors (Lipinski definition) is 2. The van der Waals surface area contributed by atoms with Gasteiger partial charge in [-0.15, -0.1) is 0 Å². The van der Waals surface area contributed by atoms with Crippen LogP contribution >= 0.6 is 0 Å². The van der Waals surface area contributed by atoms with Gasteiger partial charge in [0.15, 0.2) is 0 Å². The van der Waals surface area contributed by atoms with E-state index in [1.54, 1.807) is 0 Å². The first-order valence-electron chi connectivity index (χ1n) is 10.5. The highest BCUT2D eigenvalue weighted by atomic mass is 16.2. The zero-order chi connectivity index (χ0) is 21.3. The van der Waals surface area contributed by atoms with E-state index in [-0.39, 0.29) is 18.2 Å². The van der Waals surface area contributed by atoms with Crippen LogP contribution in [-0.2, 0) is 9.59 Å². The van der Waals surface area contributed by atoms with Crippen molar-refractivity contribution >= 4 is 23.2 Å². The maximum atomic E-state index is 12.3. The summed E-state index contributed by atoms with van der Waals surface area (Å²) in [6.07, 6.45) is 2.49. The molecule has 0 spiro atoms. The molecule has 6 heteroatoms. The Labute approximate surface area is 178 Å². The Bertz CT molecular complexity index is 878. The Morgan fingerprint density at radius 2 is 1.87 bits per heavy atom. The molecule has 0 unspecified atom stereocenters. The van der Waals surface area contributed by atoms with Crippen molar-refractivity contribution in [2.75, 3.05) is 31.1 Å². The van der Waals surface area contributed by atoms with Crippen LogP contribution in [-0.4, -0.2) is 43.0 Å². The summed E-state index contributed by atoms with van der Waals surface area (Å²) in [5, 5.41) is 4.50. The number of hydrazine groups is 1. The van der Waals surface area contributed by atoms with Crippen molar-refractivity contribution < 1.29 is 9.59 Å². The van der Waals surface area contributed by atoms with Crippen molar-refractivity contribution in [2.45, 2.75) is 26.7 Å². The first-order valence-corrected chi connectivity index (χ1v) is 10.5. The van der Waals surface area contributed by atoms with Crippen LogP contribution in [0.2, 0.25) is 0 Å². The van der Waals surface area contributed by atoms with Gasteiger partial charge < -0.3 is 10.2 Å². The quantitative estimate of drug-likeness (QED) is 0.672. The summed E-state index contributed by atoms with van der Waals surface area (Å²) in [6, 6.07) is 18.3. The maximum Gasteiger partial charge on any atom is 0.244 e. The summed E-state index contributed by atoms with van der Waals surface area (Å²) in [6.45, 7) is 6.66. The number of hydrogen-bond acceptors (Lipinski definition) is 4. The average molecular weight is 407 g/mol. The predicted molar refractivity (Wildman–Crippen MR) is 121 cm³/mol. The van der Waals surface area contributed by atoms with Gasteiger partial charge in [-0.1, -0.05) is 48.0 Å². The van der Waals surface area contributed by atoms with E-state index >= 15 is 0 Å². The van der Waals surface area contributed by atoms with Crippen LogP contribution in [0.4, 0.5) is 5.69 Å². The predicted octanol–water partition coefficient (Wildman–Crippen LogP) is 3.11. The summed E-state index contributed by atoms with van der Waals surface area (Å²) in [5.74, 6) is -0.0833. The summed E-state index contributed by atoms with van der Waals surface area (Å²) in [7, 11) is 0. The molecule has 158 valence electrons. The van der Waals surface area contributed by atoms with Crippen LogP contribution in [0.25, 0.3) is 5.70 Å². The molecule has 0 bridgehead atoms. The maximum absolute atomic E-state index is 12.3. The number of nitrogens with zero attached hydrogens (tertiary/aromatic N) is 2. The minimum Gasteiger partial charge on any atom is -0.370 e. The minimum atomic E-state index is -0.0554. The van der Waals surface area contributed by atoms with Crippen LogP contribution < -0.4 is 15.6 Å². The highest BCUT2D eigenvalue weighted by Crippen LogP contribution is 2.18. The Morgan fingerprint density at radius 1 is 1.13 bits per heavy atom. The second kappa shape index (κ2) is 10.5. The standard InChI is InChI=1S/C24H30N4O2/c1-3-27(21-7-5-4-6-8-21)18-16-25-23(29)15-17-28-24(30)14-13-22(26-28)20-11-9-19(2)10-12-20/h4-13,26H,3,14-18H2,1-2H3,(H,25,29). The van der Waals surface area contributed by atoms with Crippen LogP contribution in [0.3, 0.4) is 0 Å². The number of rotatable bonds is 9. The molecule has 30 heavy (non-hydrogen) atoms. The van der Waals surface area contributed by atoms with Crippen molar-refractivity contribution in [1.82, 2.24) is 15.8 Å². The van der Waals surface area contributed by atoms with Gasteiger partial charge in [-0.2, -0.15) is 0 Å². The van der Waals surface area contributed by atoms with Crippen molar-refractivity contribution in [1.29, 1.82) is 0 Å². The van der Waals surface area contributed by atoms with Gasteiger partial charge in [-0.25, -0.2) is 0 Å². The Morgan fingerprint density at radius 3 is 2.57 bits per heavy atom. The molecule has 0 saturated carbocycles. The lowest BCUT2D eigenvalue weighted by Crippen LogP contribution is -2.46. The molecule has 0 saturated heterocycles. The third-order valence-corrected chi connectivity index (χ3v) is 5.17. The Hall–Kier alpha value is -3.28. The lowest BCUT2D eigenvalue weighted by atomic mass is 10.1. The number of anilines is 1. The molecular weight excluding hydrogens is 376 g/mol. The average Bonchev–Trinajstić information content (AvgIpc) is 2.77. The highest BCUT2D eigenvalue weighted by Gasteiger charge is 2.20. The molecule has 0 fully saturated rings. The summed E-state index contributed by atoms with van der Waals surface area (Å²) < 4.78 is 0. The summed E-state index contributed by atoms with van der Waals surface area (Å²) in [4.78, 5) is 26.7. The molecule has 0 aliphatic carbocycles. The van der Waals surface area contributed by atoms with Gasteiger partial charge >= 0.3 is 0 Å². The molecule has 1 aliphatic heterocycles. The van der Waals surface area contributed by atoms with Crippen molar-refractivity contribution in [2.24, 2.45) is 0 Å². The van der Waals surface area contributed by atoms with Gasteiger partial charge in [-0.05, 0) is 37.6 Å². The number of amides is 2. The number of likely N-dealkylation sites (N-methyl/N-ethyl adjacent to an activating group) is 1. The largest absolute Gasteiger partial charge is 0.370 e. The minimum absolute atomic E-state index is 0.0279. The first kappa shape index (κ1) is 21.4. The van der Waals surface area contributed by atoms with E-state index in [9.17, 15) is 9.59 Å². The third-order valence-electron chi connectivity index (χ3n) is 5.17. The SMILES string of the molecule is CCN(CCNC(=O)CCN1NC(c2ccc(C)cc2)=CCC1=O)c1ccccc1. The lowest BCUT2D eigenvalue weighted by molar-refractivity contribution is -0.133.